The van der Waals surface area contributed by atoms with Crippen molar-refractivity contribution in [3.63, 3.8) is 0 Å². The van der Waals surface area contributed by atoms with Gasteiger partial charge in [-0.25, -0.2) is 4.79 Å². The van der Waals surface area contributed by atoms with Crippen LogP contribution in [0.15, 0.2) is 50.2 Å². The van der Waals surface area contributed by atoms with Crippen molar-refractivity contribution in [2.75, 3.05) is 0 Å². The molecule has 9 nitrogen and oxygen atoms in total. The molecular weight excluding hydrogens is 354 g/mol. The molecule has 1 unspecified atom stereocenters. The highest BCUT2D eigenvalue weighted by Crippen LogP contribution is 2.35. The van der Waals surface area contributed by atoms with Crippen LogP contribution in [0.2, 0.25) is 0 Å². The summed E-state index contributed by atoms with van der Waals surface area (Å²) in [5.74, 6) is -0.278. The largest absolute Gasteiger partial charge is 0.467 e. The second-order valence-corrected chi connectivity index (χ2v) is 6.59. The summed E-state index contributed by atoms with van der Waals surface area (Å²) in [4.78, 5) is 37.2. The summed E-state index contributed by atoms with van der Waals surface area (Å²) < 4.78 is 11.7. The molecule has 0 radical (unpaired) electrons. The van der Waals surface area contributed by atoms with Gasteiger partial charge in [-0.1, -0.05) is 0 Å². The Labute approximate surface area is 152 Å². The average molecular weight is 371 g/mol. The predicted octanol–water partition coefficient (Wildman–Crippen LogP) is 2.85. The molecule has 1 aliphatic carbocycles. The SMILES string of the molecule is CC(c1ccco1)N(C(=O)Cn1c(=O)oc2cc([N+](=O)[O-])ccc21)C1CC1. The van der Waals surface area contributed by atoms with Crippen molar-refractivity contribution in [2.24, 2.45) is 0 Å². The van der Waals surface area contributed by atoms with Gasteiger partial charge in [0.25, 0.3) is 5.69 Å². The van der Waals surface area contributed by atoms with Gasteiger partial charge >= 0.3 is 5.76 Å². The smallest absolute Gasteiger partial charge is 0.420 e. The van der Waals surface area contributed by atoms with Crippen LogP contribution in [0, 0.1) is 10.1 Å². The van der Waals surface area contributed by atoms with E-state index in [0.29, 0.717) is 11.3 Å². The molecule has 4 rings (SSSR count). The van der Waals surface area contributed by atoms with E-state index >= 15 is 0 Å². The van der Waals surface area contributed by atoms with Crippen LogP contribution in [0.4, 0.5) is 5.69 Å². The molecule has 2 heterocycles. The zero-order valence-corrected chi connectivity index (χ0v) is 14.5. The number of non-ortho nitro benzene ring substituents is 1. The van der Waals surface area contributed by atoms with Gasteiger partial charge in [-0.05, 0) is 38.0 Å². The molecule has 3 aromatic rings. The Kier molecular flexibility index (Phi) is 4.06. The van der Waals surface area contributed by atoms with Crippen LogP contribution in [0.25, 0.3) is 11.1 Å². The number of oxazole rings is 1. The average Bonchev–Trinajstić information content (AvgIpc) is 3.20. The molecular formula is C18H17N3O6. The predicted molar refractivity (Wildman–Crippen MR) is 94.1 cm³/mol. The van der Waals surface area contributed by atoms with Crippen molar-refractivity contribution >= 4 is 22.7 Å². The van der Waals surface area contributed by atoms with E-state index in [4.69, 9.17) is 8.83 Å². The van der Waals surface area contributed by atoms with E-state index in [9.17, 15) is 19.7 Å². The third-order valence-corrected chi connectivity index (χ3v) is 4.76. The standard InChI is InChI=1S/C18H17N3O6/c1-11(15-3-2-8-26-15)20(12-4-5-12)17(22)10-19-14-7-6-13(21(24)25)9-16(14)27-18(19)23/h2-3,6-9,11-12H,4-5,10H2,1H3. The third kappa shape index (κ3) is 3.12. The number of carbonyl (C=O) groups is 1. The minimum Gasteiger partial charge on any atom is -0.467 e. The Hall–Kier alpha value is -3.36. The molecule has 0 aliphatic heterocycles. The quantitative estimate of drug-likeness (QED) is 0.486. The highest BCUT2D eigenvalue weighted by molar-refractivity contribution is 5.81. The first kappa shape index (κ1) is 17.1. The Morgan fingerprint density at radius 3 is 2.81 bits per heavy atom. The molecule has 1 aromatic carbocycles. The maximum atomic E-state index is 13.0. The second-order valence-electron chi connectivity index (χ2n) is 6.59. The van der Waals surface area contributed by atoms with Crippen molar-refractivity contribution in [3.05, 3.63) is 63.0 Å². The summed E-state index contributed by atoms with van der Waals surface area (Å²) in [5, 5.41) is 10.9. The van der Waals surface area contributed by atoms with Crippen LogP contribution < -0.4 is 5.76 Å². The number of aromatic nitrogens is 1. The summed E-state index contributed by atoms with van der Waals surface area (Å²) in [6.45, 7) is 1.68. The van der Waals surface area contributed by atoms with E-state index in [0.717, 1.165) is 12.8 Å². The number of nitro groups is 1. The van der Waals surface area contributed by atoms with Crippen molar-refractivity contribution in [1.82, 2.24) is 9.47 Å². The normalized spacial score (nSPS) is 15.0. The summed E-state index contributed by atoms with van der Waals surface area (Å²) in [6.07, 6.45) is 3.37. The zero-order valence-electron chi connectivity index (χ0n) is 14.5. The summed E-state index contributed by atoms with van der Waals surface area (Å²) >= 11 is 0. The number of nitrogens with zero attached hydrogens (tertiary/aromatic N) is 3. The van der Waals surface area contributed by atoms with Gasteiger partial charge in [0, 0.05) is 12.1 Å². The maximum absolute atomic E-state index is 13.0. The minimum atomic E-state index is -0.722. The minimum absolute atomic E-state index is 0.0825. The van der Waals surface area contributed by atoms with E-state index in [1.54, 1.807) is 17.2 Å². The summed E-state index contributed by atoms with van der Waals surface area (Å²) in [7, 11) is 0. The molecule has 9 heteroatoms. The van der Waals surface area contributed by atoms with Gasteiger partial charge < -0.3 is 13.7 Å². The number of fused-ring (bicyclic) bond motifs is 1. The number of rotatable bonds is 6. The lowest BCUT2D eigenvalue weighted by atomic mass is 10.2. The highest BCUT2D eigenvalue weighted by Gasteiger charge is 2.37. The Balaban J connectivity index is 1.64. The molecule has 27 heavy (non-hydrogen) atoms. The monoisotopic (exact) mass is 371 g/mol. The van der Waals surface area contributed by atoms with Gasteiger partial charge in [-0.15, -0.1) is 0 Å². The first-order chi connectivity index (χ1) is 13.0. The van der Waals surface area contributed by atoms with Gasteiger partial charge in [0.05, 0.1) is 28.8 Å². The lowest BCUT2D eigenvalue weighted by Crippen LogP contribution is -2.39. The number of nitro benzene ring substituents is 1. The fourth-order valence-electron chi connectivity index (χ4n) is 3.29. The van der Waals surface area contributed by atoms with E-state index in [1.807, 2.05) is 13.0 Å². The molecule has 0 N–H and O–H groups in total. The fraction of sp³-hybridized carbons (Fsp3) is 0.333. The maximum Gasteiger partial charge on any atom is 0.420 e. The van der Waals surface area contributed by atoms with Crippen molar-refractivity contribution in [1.29, 1.82) is 0 Å². The molecule has 1 fully saturated rings. The van der Waals surface area contributed by atoms with E-state index in [2.05, 4.69) is 0 Å². The van der Waals surface area contributed by atoms with Crippen LogP contribution in [0.1, 0.15) is 31.6 Å². The summed E-state index contributed by atoms with van der Waals surface area (Å²) in [6, 6.07) is 7.32. The zero-order chi connectivity index (χ0) is 19.1. The summed E-state index contributed by atoms with van der Waals surface area (Å²) in [5.41, 5.74) is 0.250. The molecule has 1 saturated carbocycles. The van der Waals surface area contributed by atoms with Crippen LogP contribution in [-0.2, 0) is 11.3 Å². The van der Waals surface area contributed by atoms with Crippen LogP contribution in [0.5, 0.6) is 0 Å². The van der Waals surface area contributed by atoms with Crippen LogP contribution >= 0.6 is 0 Å². The molecule has 1 amide bonds. The van der Waals surface area contributed by atoms with E-state index < -0.39 is 10.7 Å². The number of hydrogen-bond acceptors (Lipinski definition) is 6. The van der Waals surface area contributed by atoms with Crippen molar-refractivity contribution in [2.45, 2.75) is 38.4 Å². The van der Waals surface area contributed by atoms with Gasteiger partial charge in [-0.3, -0.25) is 19.5 Å². The van der Waals surface area contributed by atoms with Gasteiger partial charge in [0.2, 0.25) is 5.91 Å². The first-order valence-electron chi connectivity index (χ1n) is 8.58. The molecule has 140 valence electrons. The number of amides is 1. The van der Waals surface area contributed by atoms with Gasteiger partial charge in [0.15, 0.2) is 5.58 Å². The molecule has 2 aromatic heterocycles. The van der Waals surface area contributed by atoms with E-state index in [1.165, 1.54) is 22.8 Å². The first-order valence-corrected chi connectivity index (χ1v) is 8.58. The lowest BCUT2D eigenvalue weighted by molar-refractivity contribution is -0.384. The molecule has 0 saturated heterocycles. The highest BCUT2D eigenvalue weighted by atomic mass is 16.6. The number of carbonyl (C=O) groups excluding carboxylic acids is 1. The van der Waals surface area contributed by atoms with Crippen LogP contribution in [0.3, 0.4) is 0 Å². The second kappa shape index (κ2) is 6.42. The van der Waals surface area contributed by atoms with Gasteiger partial charge in [0.1, 0.15) is 12.3 Å². The third-order valence-electron chi connectivity index (χ3n) is 4.76. The Morgan fingerprint density at radius 2 is 2.19 bits per heavy atom. The number of benzene rings is 1. The Morgan fingerprint density at radius 1 is 1.41 bits per heavy atom. The fourth-order valence-corrected chi connectivity index (χ4v) is 3.29. The Bertz CT molecular complexity index is 1060. The van der Waals surface area contributed by atoms with Crippen LogP contribution in [-0.4, -0.2) is 26.3 Å². The number of furan rings is 1. The topological polar surface area (TPSA) is 112 Å². The lowest BCUT2D eigenvalue weighted by Gasteiger charge is -2.28. The van der Waals surface area contributed by atoms with Gasteiger partial charge in [-0.2, -0.15) is 0 Å². The van der Waals surface area contributed by atoms with E-state index in [-0.39, 0.29) is 35.8 Å². The number of hydrogen-bond donors (Lipinski definition) is 0. The van der Waals surface area contributed by atoms with Crippen molar-refractivity contribution < 1.29 is 18.6 Å². The molecule has 0 bridgehead atoms. The molecule has 1 aliphatic rings. The van der Waals surface area contributed by atoms with Crippen molar-refractivity contribution in [3.8, 4) is 0 Å². The molecule has 1 atom stereocenters. The molecule has 0 spiro atoms.